The van der Waals surface area contributed by atoms with E-state index in [1.165, 1.54) is 301 Å². The topological polar surface area (TPSA) is 132 Å². The summed E-state index contributed by atoms with van der Waals surface area (Å²) in [5, 5.41) is 10.0. The van der Waals surface area contributed by atoms with E-state index < -0.39 is 14.0 Å². The van der Waals surface area contributed by atoms with Crippen LogP contribution in [0.3, 0.4) is 0 Å². The summed E-state index contributed by atoms with van der Waals surface area (Å²) in [7, 11) is -2.25. The Morgan fingerprint density at radius 2 is 0.567 bits per heavy atom. The Morgan fingerprint density at radius 1 is 0.300 bits per heavy atom. The van der Waals surface area contributed by atoms with Gasteiger partial charge < -0.3 is 34.0 Å². The first-order valence-electron chi connectivity index (χ1n) is 49.5. The number of aromatic amines is 2. The molecule has 2 aliphatic heterocycles. The zero-order valence-corrected chi connectivity index (χ0v) is 77.5. The molecule has 0 saturated heterocycles. The first-order chi connectivity index (χ1) is 59.2. The van der Waals surface area contributed by atoms with Crippen molar-refractivity contribution in [3.8, 4) is 68.6 Å². The standard InChI is InChI=1S/C109H160N4O6Si/c1-8-15-22-29-33-37-41-45-49-53-81-116-101-62-60-63-102(117-82-54-50-46-42-38-34-30-23-16-9-2)107(101)105-97-76-72-93(110-97)91(71-68-89-66-69-90(70-67-89)109(114)115)94-73-77-98(111-94)106(108-103(118-83-55-51-47-43-39-35-31-24-17-10-3)64-61-65-104(108)119-84-56-52-48-44-40-36-32-25-18-11-4)100-79-75-96(113-100)92(95-74-78-99(105)112-95)80-88-120(85-57-26-19-12-5,86-58-27-20-13-6)87-59-28-21-14-7/h60-67,69-70,72-79,110,113H,8-59,81-87H2,1-7H3,(H,114,115). The van der Waals surface area contributed by atoms with E-state index >= 15 is 0 Å². The molecule has 10 nitrogen and oxygen atoms in total. The number of fused-ring (bicyclic) bond motifs is 8. The highest BCUT2D eigenvalue weighted by molar-refractivity contribution is 6.87. The average molecular weight is 1650 g/mol. The zero-order chi connectivity index (χ0) is 84.6. The minimum atomic E-state index is -2.25. The van der Waals surface area contributed by atoms with Crippen molar-refractivity contribution in [2.45, 2.75) is 400 Å². The number of carboxylic acid groups (broad SMARTS) is 1. The van der Waals surface area contributed by atoms with E-state index in [9.17, 15) is 9.90 Å². The maximum Gasteiger partial charge on any atom is 0.335 e. The van der Waals surface area contributed by atoms with Gasteiger partial charge in [-0.05, 0) is 141 Å². The number of nitrogens with zero attached hydrogens (tertiary/aromatic N) is 2. The minimum Gasteiger partial charge on any atom is -0.493 e. The first kappa shape index (κ1) is 97.7. The van der Waals surface area contributed by atoms with Crippen LogP contribution in [0.5, 0.6) is 23.0 Å². The summed E-state index contributed by atoms with van der Waals surface area (Å²) in [6.07, 6.45) is 73.1. The molecule has 8 rings (SSSR count). The summed E-state index contributed by atoms with van der Waals surface area (Å²) in [6.45, 7) is 18.5. The van der Waals surface area contributed by atoms with E-state index in [0.717, 1.165) is 141 Å². The molecule has 0 amide bonds. The number of nitrogens with one attached hydrogen (secondary N) is 2. The Balaban J connectivity index is 1.40. The Bertz CT molecular complexity index is 4010. The van der Waals surface area contributed by atoms with Gasteiger partial charge in [0.1, 0.15) is 31.1 Å². The molecule has 0 spiro atoms. The van der Waals surface area contributed by atoms with Crippen LogP contribution in [0.4, 0.5) is 0 Å². The van der Waals surface area contributed by atoms with E-state index in [-0.39, 0.29) is 5.56 Å². The fourth-order valence-corrected chi connectivity index (χ4v) is 21.6. The second-order valence-corrected chi connectivity index (χ2v) is 39.3. The number of H-pyrrole nitrogens is 2. The van der Waals surface area contributed by atoms with Crippen LogP contribution in [0, 0.1) is 23.3 Å². The number of benzene rings is 3. The third kappa shape index (κ3) is 34.9. The lowest BCUT2D eigenvalue weighted by atomic mass is 10.0. The fourth-order valence-electron chi connectivity index (χ4n) is 17.3. The molecule has 0 saturated carbocycles. The Hall–Kier alpha value is -7.73. The van der Waals surface area contributed by atoms with Crippen molar-refractivity contribution < 1.29 is 28.8 Å². The van der Waals surface area contributed by atoms with Gasteiger partial charge >= 0.3 is 5.97 Å². The number of unbranched alkanes of at least 4 members (excludes halogenated alkanes) is 45. The molecule has 0 radical (unpaired) electrons. The van der Waals surface area contributed by atoms with Gasteiger partial charge in [-0.25, -0.2) is 14.8 Å². The molecule has 11 heteroatoms. The highest BCUT2D eigenvalue weighted by Gasteiger charge is 2.31. The summed E-state index contributed by atoms with van der Waals surface area (Å²) in [6, 6.07) is 32.0. The van der Waals surface area contributed by atoms with Gasteiger partial charge in [0.15, 0.2) is 0 Å². The van der Waals surface area contributed by atoms with Crippen LogP contribution in [0.2, 0.25) is 18.1 Å². The zero-order valence-electron chi connectivity index (χ0n) is 76.5. The van der Waals surface area contributed by atoms with Crippen LogP contribution in [0.1, 0.15) is 432 Å². The quantitative estimate of drug-likeness (QED) is 0.0195. The number of carbonyl (C=O) groups is 1. The molecular weight excluding hydrogens is 1490 g/mol. The third-order valence-electron chi connectivity index (χ3n) is 24.7. The summed E-state index contributed by atoms with van der Waals surface area (Å²) < 4.78 is 28.7. The van der Waals surface area contributed by atoms with Gasteiger partial charge in [-0.2, -0.15) is 0 Å². The first-order valence-corrected chi connectivity index (χ1v) is 52.1. The molecule has 0 fully saturated rings. The van der Waals surface area contributed by atoms with E-state index in [1.54, 1.807) is 24.3 Å². The van der Waals surface area contributed by atoms with Crippen LogP contribution in [-0.2, 0) is 0 Å². The molecule has 3 aromatic heterocycles. The van der Waals surface area contributed by atoms with Crippen LogP contribution in [-0.4, -0.2) is 65.5 Å². The highest BCUT2D eigenvalue weighted by atomic mass is 28.3. The monoisotopic (exact) mass is 1650 g/mol. The van der Waals surface area contributed by atoms with Gasteiger partial charge in [0.25, 0.3) is 0 Å². The number of aromatic carboxylic acids is 1. The molecule has 8 bridgehead atoms. The number of hydrogen-bond donors (Lipinski definition) is 3. The molecule has 120 heavy (non-hydrogen) atoms. The number of ether oxygens (including phenoxy) is 4. The fraction of sp³-hybridized carbons (Fsp3) is 0.606. The predicted octanol–water partition coefficient (Wildman–Crippen LogP) is 33.4. The molecule has 5 heterocycles. The Kier molecular flexibility index (Phi) is 48.8. The van der Waals surface area contributed by atoms with Crippen LogP contribution in [0.25, 0.3) is 68.6 Å². The molecule has 0 unspecified atom stereocenters. The van der Waals surface area contributed by atoms with Crippen molar-refractivity contribution in [2.24, 2.45) is 0 Å². The van der Waals surface area contributed by atoms with Crippen LogP contribution >= 0.6 is 0 Å². The van der Waals surface area contributed by atoms with Gasteiger partial charge in [-0.1, -0.05) is 387 Å². The lowest BCUT2D eigenvalue weighted by molar-refractivity contribution is 0.0696. The molecule has 0 atom stereocenters. The Morgan fingerprint density at radius 3 is 0.867 bits per heavy atom. The number of hydrogen-bond acceptors (Lipinski definition) is 7. The Labute approximate surface area is 730 Å². The highest BCUT2D eigenvalue weighted by Crippen LogP contribution is 2.46. The van der Waals surface area contributed by atoms with E-state index in [1.807, 2.05) is 0 Å². The second kappa shape index (κ2) is 59.9. The summed E-state index contributed by atoms with van der Waals surface area (Å²) >= 11 is 0. The molecule has 3 aromatic carbocycles. The molecule has 3 N–H and O–H groups in total. The van der Waals surface area contributed by atoms with Crippen molar-refractivity contribution in [1.29, 1.82) is 0 Å². The molecule has 656 valence electrons. The molecular formula is C109H160N4O6Si. The SMILES string of the molecule is CCCCCCCCCCCCOc1cccc(OCCCCCCCCCCCC)c1-c1c2nc(c(C#C[Si](CCCCCC)(CCCCCC)CCCCCC)c3ccc([nH]3)c(-c3c(OCCCCCCCCCCCC)cccc3OCCCCCCCCCCCC)c3nc(c(C#Cc4ccc(C(=O)O)cc4)c4ccc1[nH]4)C=C3)C=C2. The minimum absolute atomic E-state index is 0.205. The van der Waals surface area contributed by atoms with Crippen LogP contribution < -0.4 is 18.9 Å². The van der Waals surface area contributed by atoms with E-state index in [2.05, 4.69) is 167 Å². The van der Waals surface area contributed by atoms with Gasteiger partial charge in [0, 0.05) is 27.7 Å². The van der Waals surface area contributed by atoms with E-state index in [0.29, 0.717) is 43.2 Å². The smallest absolute Gasteiger partial charge is 0.335 e. The maximum atomic E-state index is 12.2. The van der Waals surface area contributed by atoms with Crippen molar-refractivity contribution in [2.75, 3.05) is 26.4 Å². The van der Waals surface area contributed by atoms with Gasteiger partial charge in [-0.3, -0.25) is 0 Å². The maximum absolute atomic E-state index is 12.2. The van der Waals surface area contributed by atoms with Crippen molar-refractivity contribution in [1.82, 2.24) is 19.9 Å². The average Bonchev–Trinajstić information content (AvgIpc) is 1.60. The van der Waals surface area contributed by atoms with Crippen molar-refractivity contribution >= 4 is 60.4 Å². The summed E-state index contributed by atoms with van der Waals surface area (Å²) in [4.78, 5) is 32.2. The van der Waals surface area contributed by atoms with Gasteiger partial charge in [0.05, 0.1) is 88.1 Å². The van der Waals surface area contributed by atoms with Crippen LogP contribution in [0.15, 0.2) is 84.9 Å². The lowest BCUT2D eigenvalue weighted by Crippen LogP contribution is -2.32. The van der Waals surface area contributed by atoms with Gasteiger partial charge in [0.2, 0.25) is 0 Å². The van der Waals surface area contributed by atoms with E-state index in [4.69, 9.17) is 28.9 Å². The number of carboxylic acids is 1. The molecule has 0 aliphatic carbocycles. The number of aromatic nitrogens is 4. The lowest BCUT2D eigenvalue weighted by Gasteiger charge is -2.27. The van der Waals surface area contributed by atoms with Crippen molar-refractivity contribution in [3.05, 3.63) is 130 Å². The largest absolute Gasteiger partial charge is 0.493 e. The third-order valence-corrected chi connectivity index (χ3v) is 29.3. The second-order valence-electron chi connectivity index (χ2n) is 35.0. The summed E-state index contributed by atoms with van der Waals surface area (Å²) in [5.41, 5.74) is 16.7. The number of rotatable bonds is 66. The van der Waals surface area contributed by atoms with Gasteiger partial charge in [-0.15, -0.1) is 5.54 Å². The van der Waals surface area contributed by atoms with Crippen molar-refractivity contribution in [3.63, 3.8) is 0 Å². The normalized spacial score (nSPS) is 11.8. The summed E-state index contributed by atoms with van der Waals surface area (Å²) in [5.74, 6) is 13.4. The predicted molar refractivity (Wildman–Crippen MR) is 518 cm³/mol. The molecule has 2 aliphatic rings. The molecule has 6 aromatic rings.